The van der Waals surface area contributed by atoms with Crippen LogP contribution in [0.2, 0.25) is 0 Å². The van der Waals surface area contributed by atoms with E-state index < -0.39 is 10.0 Å². The minimum atomic E-state index is -3.49. The van der Waals surface area contributed by atoms with Gasteiger partial charge in [0, 0.05) is 25.3 Å². The number of nitriles is 1. The molecule has 2 rings (SSSR count). The first-order valence-corrected chi connectivity index (χ1v) is 8.12. The Balaban J connectivity index is 2.14. The lowest BCUT2D eigenvalue weighted by atomic mass is 10.1. The number of hydrogen-bond donors (Lipinski definition) is 1. The third-order valence-corrected chi connectivity index (χ3v) is 5.00. The molecule has 7 heteroatoms. The molecular formula is C16H15N3O3S. The second kappa shape index (κ2) is 6.60. The van der Waals surface area contributed by atoms with Gasteiger partial charge in [0.25, 0.3) is 5.91 Å². The van der Waals surface area contributed by atoms with E-state index in [1.165, 1.54) is 38.4 Å². The summed E-state index contributed by atoms with van der Waals surface area (Å²) in [5.74, 6) is -0.335. The van der Waals surface area contributed by atoms with Crippen LogP contribution in [0.25, 0.3) is 0 Å². The number of hydrogen-bond acceptors (Lipinski definition) is 4. The lowest BCUT2D eigenvalue weighted by molar-refractivity contribution is 0.102. The molecule has 0 aliphatic carbocycles. The van der Waals surface area contributed by atoms with E-state index in [4.69, 9.17) is 5.26 Å². The molecule has 0 spiro atoms. The summed E-state index contributed by atoms with van der Waals surface area (Å²) in [4.78, 5) is 12.2. The molecule has 0 aliphatic heterocycles. The van der Waals surface area contributed by atoms with E-state index >= 15 is 0 Å². The zero-order chi connectivity index (χ0) is 17.0. The summed E-state index contributed by atoms with van der Waals surface area (Å²) in [6.07, 6.45) is 0. The predicted molar refractivity (Wildman–Crippen MR) is 86.4 cm³/mol. The highest BCUT2D eigenvalue weighted by Crippen LogP contribution is 2.17. The lowest BCUT2D eigenvalue weighted by Gasteiger charge is -2.12. The third-order valence-electron chi connectivity index (χ3n) is 3.17. The molecule has 118 valence electrons. The Bertz CT molecular complexity index is 849. The van der Waals surface area contributed by atoms with Crippen LogP contribution in [0.1, 0.15) is 15.9 Å². The van der Waals surface area contributed by atoms with Crippen LogP contribution in [0.15, 0.2) is 53.4 Å². The summed E-state index contributed by atoms with van der Waals surface area (Å²) < 4.78 is 25.0. The summed E-state index contributed by atoms with van der Waals surface area (Å²) in [6.45, 7) is 0. The number of amides is 1. The number of carbonyl (C=O) groups excluding carboxylic acids is 1. The minimum Gasteiger partial charge on any atom is -0.322 e. The highest BCUT2D eigenvalue weighted by atomic mass is 32.2. The van der Waals surface area contributed by atoms with Crippen LogP contribution in [0.5, 0.6) is 0 Å². The number of carbonyl (C=O) groups is 1. The number of nitrogens with one attached hydrogen (secondary N) is 1. The summed E-state index contributed by atoms with van der Waals surface area (Å²) in [6, 6.07) is 14.1. The van der Waals surface area contributed by atoms with Crippen LogP contribution >= 0.6 is 0 Å². The van der Waals surface area contributed by atoms with Crippen LogP contribution in [0, 0.1) is 11.3 Å². The Hall–Kier alpha value is -2.69. The number of rotatable bonds is 4. The second-order valence-electron chi connectivity index (χ2n) is 4.96. The summed E-state index contributed by atoms with van der Waals surface area (Å²) >= 11 is 0. The molecule has 0 saturated carbocycles. The smallest absolute Gasteiger partial charge is 0.255 e. The van der Waals surface area contributed by atoms with Crippen molar-refractivity contribution in [3.05, 3.63) is 59.7 Å². The van der Waals surface area contributed by atoms with Gasteiger partial charge in [-0.2, -0.15) is 5.26 Å². The normalized spacial score (nSPS) is 11.0. The van der Waals surface area contributed by atoms with E-state index in [1.807, 2.05) is 6.07 Å². The molecule has 23 heavy (non-hydrogen) atoms. The monoisotopic (exact) mass is 329 g/mol. The van der Waals surface area contributed by atoms with Gasteiger partial charge in [0.2, 0.25) is 10.0 Å². The van der Waals surface area contributed by atoms with Gasteiger partial charge in [-0.3, -0.25) is 4.79 Å². The third kappa shape index (κ3) is 3.74. The topological polar surface area (TPSA) is 90.3 Å². The van der Waals surface area contributed by atoms with Gasteiger partial charge in [-0.15, -0.1) is 0 Å². The Morgan fingerprint density at radius 1 is 1.04 bits per heavy atom. The quantitative estimate of drug-likeness (QED) is 0.929. The molecule has 2 aromatic carbocycles. The molecule has 1 amide bonds. The molecule has 0 aromatic heterocycles. The molecule has 0 bridgehead atoms. The average Bonchev–Trinajstić information content (AvgIpc) is 2.55. The zero-order valence-corrected chi connectivity index (χ0v) is 13.5. The maximum atomic E-state index is 12.1. The van der Waals surface area contributed by atoms with Crippen molar-refractivity contribution in [3.8, 4) is 6.07 Å². The average molecular weight is 329 g/mol. The molecule has 0 atom stereocenters. The van der Waals surface area contributed by atoms with Crippen molar-refractivity contribution >= 4 is 21.6 Å². The predicted octanol–water partition coefficient (Wildman–Crippen LogP) is 2.06. The Morgan fingerprint density at radius 3 is 2.09 bits per heavy atom. The number of nitrogens with zero attached hydrogens (tertiary/aromatic N) is 2. The van der Waals surface area contributed by atoms with Gasteiger partial charge >= 0.3 is 0 Å². The first kappa shape index (κ1) is 16.7. The fraction of sp³-hybridized carbons (Fsp3) is 0.125. The van der Waals surface area contributed by atoms with Crippen molar-refractivity contribution in [1.29, 1.82) is 5.26 Å². The molecule has 6 nitrogen and oxygen atoms in total. The Morgan fingerprint density at radius 2 is 1.61 bits per heavy atom. The van der Waals surface area contributed by atoms with E-state index in [2.05, 4.69) is 5.32 Å². The van der Waals surface area contributed by atoms with Crippen LogP contribution < -0.4 is 5.32 Å². The Kier molecular flexibility index (Phi) is 4.79. The SMILES string of the molecule is CN(C)S(=O)(=O)c1ccc(NC(=O)c2ccc(C#N)cc2)cc1. The molecule has 2 aromatic rings. The molecule has 0 heterocycles. The number of anilines is 1. The number of benzene rings is 2. The van der Waals surface area contributed by atoms with Gasteiger partial charge in [-0.1, -0.05) is 0 Å². The van der Waals surface area contributed by atoms with Crippen molar-refractivity contribution in [2.75, 3.05) is 19.4 Å². The fourth-order valence-electron chi connectivity index (χ4n) is 1.82. The fourth-order valence-corrected chi connectivity index (χ4v) is 2.72. The number of sulfonamides is 1. The van der Waals surface area contributed by atoms with Crippen LogP contribution in [-0.2, 0) is 10.0 Å². The van der Waals surface area contributed by atoms with Gasteiger partial charge in [0.05, 0.1) is 16.5 Å². The molecule has 0 aliphatic rings. The maximum absolute atomic E-state index is 12.1. The summed E-state index contributed by atoms with van der Waals surface area (Å²) in [5, 5.41) is 11.4. The second-order valence-corrected chi connectivity index (χ2v) is 7.11. The van der Waals surface area contributed by atoms with Crippen LogP contribution in [-0.4, -0.2) is 32.7 Å². The first-order valence-electron chi connectivity index (χ1n) is 6.68. The van der Waals surface area contributed by atoms with Crippen molar-refractivity contribution in [3.63, 3.8) is 0 Å². The maximum Gasteiger partial charge on any atom is 0.255 e. The van der Waals surface area contributed by atoms with Crippen molar-refractivity contribution in [2.45, 2.75) is 4.90 Å². The summed E-state index contributed by atoms with van der Waals surface area (Å²) in [7, 11) is -0.583. The van der Waals surface area contributed by atoms with E-state index in [0.29, 0.717) is 16.8 Å². The van der Waals surface area contributed by atoms with E-state index in [-0.39, 0.29) is 10.8 Å². The summed E-state index contributed by atoms with van der Waals surface area (Å²) in [5.41, 5.74) is 1.37. The largest absolute Gasteiger partial charge is 0.322 e. The van der Waals surface area contributed by atoms with Crippen molar-refractivity contribution < 1.29 is 13.2 Å². The molecule has 0 fully saturated rings. The van der Waals surface area contributed by atoms with E-state index in [1.54, 1.807) is 24.3 Å². The van der Waals surface area contributed by atoms with Gasteiger partial charge in [-0.05, 0) is 48.5 Å². The lowest BCUT2D eigenvalue weighted by Crippen LogP contribution is -2.22. The first-order chi connectivity index (χ1) is 10.8. The van der Waals surface area contributed by atoms with E-state index in [0.717, 1.165) is 4.31 Å². The van der Waals surface area contributed by atoms with Gasteiger partial charge in [0.1, 0.15) is 0 Å². The van der Waals surface area contributed by atoms with Crippen molar-refractivity contribution in [1.82, 2.24) is 4.31 Å². The molecule has 0 unspecified atom stereocenters. The zero-order valence-electron chi connectivity index (χ0n) is 12.6. The highest BCUT2D eigenvalue weighted by molar-refractivity contribution is 7.89. The molecule has 0 saturated heterocycles. The van der Waals surface area contributed by atoms with Crippen molar-refractivity contribution in [2.24, 2.45) is 0 Å². The van der Waals surface area contributed by atoms with E-state index in [9.17, 15) is 13.2 Å². The standard InChI is InChI=1S/C16H15N3O3S/c1-19(2)23(21,22)15-9-7-14(8-10-15)18-16(20)13-5-3-12(11-17)4-6-13/h3-10H,1-2H3,(H,18,20). The Labute approximate surface area is 135 Å². The van der Waals surface area contributed by atoms with Gasteiger partial charge in [0.15, 0.2) is 0 Å². The van der Waals surface area contributed by atoms with Gasteiger partial charge < -0.3 is 5.32 Å². The van der Waals surface area contributed by atoms with Crippen LogP contribution in [0.3, 0.4) is 0 Å². The molecule has 0 radical (unpaired) electrons. The molecular weight excluding hydrogens is 314 g/mol. The van der Waals surface area contributed by atoms with Crippen LogP contribution in [0.4, 0.5) is 5.69 Å². The minimum absolute atomic E-state index is 0.152. The molecule has 1 N–H and O–H groups in total. The van der Waals surface area contributed by atoms with Gasteiger partial charge in [-0.25, -0.2) is 12.7 Å². The highest BCUT2D eigenvalue weighted by Gasteiger charge is 2.16.